The highest BCUT2D eigenvalue weighted by molar-refractivity contribution is 6.18. The Morgan fingerprint density at radius 1 is 1.22 bits per heavy atom. The van der Waals surface area contributed by atoms with Crippen molar-refractivity contribution >= 4 is 17.5 Å². The average molecular weight is 272 g/mol. The van der Waals surface area contributed by atoms with Gasteiger partial charge in [0.25, 0.3) is 0 Å². The van der Waals surface area contributed by atoms with Crippen molar-refractivity contribution in [1.82, 2.24) is 5.32 Å². The lowest BCUT2D eigenvalue weighted by molar-refractivity contribution is -0.132. The minimum absolute atomic E-state index is 0.0612. The van der Waals surface area contributed by atoms with Gasteiger partial charge in [0.2, 0.25) is 5.91 Å². The summed E-state index contributed by atoms with van der Waals surface area (Å²) in [4.78, 5) is 12.6. The lowest BCUT2D eigenvalue weighted by Gasteiger charge is -2.35. The zero-order valence-electron chi connectivity index (χ0n) is 11.5. The van der Waals surface area contributed by atoms with Crippen LogP contribution < -0.4 is 5.32 Å². The van der Waals surface area contributed by atoms with E-state index >= 15 is 0 Å². The monoisotopic (exact) mass is 271 g/mol. The van der Waals surface area contributed by atoms with Crippen molar-refractivity contribution < 1.29 is 4.79 Å². The number of rotatable bonds is 4. The largest absolute Gasteiger partial charge is 0.353 e. The zero-order chi connectivity index (χ0) is 13.0. The molecule has 3 heteroatoms. The van der Waals surface area contributed by atoms with E-state index in [9.17, 15) is 4.79 Å². The number of alkyl halides is 1. The summed E-state index contributed by atoms with van der Waals surface area (Å²) in [5.74, 6) is 1.48. The molecule has 2 saturated carbocycles. The second-order valence-electron chi connectivity index (χ2n) is 6.12. The zero-order valence-corrected chi connectivity index (χ0v) is 12.3. The molecule has 0 bridgehead atoms. The summed E-state index contributed by atoms with van der Waals surface area (Å²) in [5, 5.41) is 3.33. The summed E-state index contributed by atoms with van der Waals surface area (Å²) < 4.78 is 0. The third-order valence-electron chi connectivity index (χ3n) is 5.14. The summed E-state index contributed by atoms with van der Waals surface area (Å²) in [6.07, 6.45) is 10.4. The highest BCUT2D eigenvalue weighted by atomic mass is 35.5. The molecular formula is C15H26ClNO. The maximum Gasteiger partial charge on any atom is 0.226 e. The van der Waals surface area contributed by atoms with E-state index < -0.39 is 0 Å². The maximum absolute atomic E-state index is 12.6. The van der Waals surface area contributed by atoms with E-state index in [1.807, 2.05) is 0 Å². The van der Waals surface area contributed by atoms with Gasteiger partial charge in [-0.25, -0.2) is 0 Å². The predicted octanol–water partition coefficient (Wildman–Crippen LogP) is 3.87. The minimum atomic E-state index is -0.0612. The lowest BCUT2D eigenvalue weighted by atomic mass is 9.80. The van der Waals surface area contributed by atoms with Crippen LogP contribution in [-0.4, -0.2) is 17.8 Å². The number of hydrogen-bond donors (Lipinski definition) is 1. The SMILES string of the molecule is CCC1(C(=O)NC2CCCCC2CCl)CCCC1. The van der Waals surface area contributed by atoms with Crippen LogP contribution in [0.15, 0.2) is 0 Å². The van der Waals surface area contributed by atoms with Crippen molar-refractivity contribution in [1.29, 1.82) is 0 Å². The quantitative estimate of drug-likeness (QED) is 0.773. The van der Waals surface area contributed by atoms with Crippen LogP contribution in [-0.2, 0) is 4.79 Å². The van der Waals surface area contributed by atoms with Gasteiger partial charge in [-0.05, 0) is 38.0 Å². The second-order valence-corrected chi connectivity index (χ2v) is 6.43. The molecule has 104 valence electrons. The first-order valence-electron chi connectivity index (χ1n) is 7.59. The number of halogens is 1. The van der Waals surface area contributed by atoms with Crippen LogP contribution in [0.3, 0.4) is 0 Å². The molecule has 0 aromatic carbocycles. The van der Waals surface area contributed by atoms with Crippen molar-refractivity contribution in [2.24, 2.45) is 11.3 Å². The Morgan fingerprint density at radius 3 is 2.50 bits per heavy atom. The topological polar surface area (TPSA) is 29.1 Å². The number of carbonyl (C=O) groups excluding carboxylic acids is 1. The number of amides is 1. The van der Waals surface area contributed by atoms with Crippen LogP contribution in [0.1, 0.15) is 64.7 Å². The molecule has 0 spiro atoms. The molecule has 0 aliphatic heterocycles. The summed E-state index contributed by atoms with van der Waals surface area (Å²) in [7, 11) is 0. The molecule has 0 aromatic rings. The van der Waals surface area contributed by atoms with Crippen LogP contribution in [0.4, 0.5) is 0 Å². The molecule has 2 rings (SSSR count). The molecule has 2 atom stereocenters. The normalized spacial score (nSPS) is 31.2. The number of nitrogens with one attached hydrogen (secondary N) is 1. The molecule has 2 aliphatic rings. The molecule has 1 amide bonds. The Kier molecular flexibility index (Phi) is 4.94. The summed E-state index contributed by atoms with van der Waals surface area (Å²) >= 11 is 6.04. The van der Waals surface area contributed by atoms with Gasteiger partial charge in [-0.1, -0.05) is 32.6 Å². The summed E-state index contributed by atoms with van der Waals surface area (Å²) in [6.45, 7) is 2.16. The molecule has 0 heterocycles. The predicted molar refractivity (Wildman–Crippen MR) is 75.8 cm³/mol. The van der Waals surface area contributed by atoms with Crippen molar-refractivity contribution in [2.45, 2.75) is 70.8 Å². The standard InChI is InChI=1S/C15H26ClNO/c1-2-15(9-5-6-10-15)14(18)17-13-8-4-3-7-12(13)11-16/h12-13H,2-11H2,1H3,(H,17,18). The first kappa shape index (κ1) is 14.2. The fourth-order valence-electron chi connectivity index (χ4n) is 3.70. The van der Waals surface area contributed by atoms with E-state index in [2.05, 4.69) is 12.2 Å². The lowest BCUT2D eigenvalue weighted by Crippen LogP contribution is -2.48. The molecular weight excluding hydrogens is 246 g/mol. The van der Waals surface area contributed by atoms with Crippen LogP contribution in [0.25, 0.3) is 0 Å². The van der Waals surface area contributed by atoms with E-state index in [-0.39, 0.29) is 5.41 Å². The Labute approximate surface area is 116 Å². The summed E-state index contributed by atoms with van der Waals surface area (Å²) in [6, 6.07) is 0.327. The van der Waals surface area contributed by atoms with Gasteiger partial charge in [0.15, 0.2) is 0 Å². The van der Waals surface area contributed by atoms with E-state index in [0.29, 0.717) is 23.7 Å². The van der Waals surface area contributed by atoms with E-state index in [1.54, 1.807) is 0 Å². The fourth-order valence-corrected chi connectivity index (χ4v) is 4.07. The number of hydrogen-bond acceptors (Lipinski definition) is 1. The van der Waals surface area contributed by atoms with Crippen molar-refractivity contribution in [3.63, 3.8) is 0 Å². The third kappa shape index (κ3) is 2.84. The molecule has 2 nitrogen and oxygen atoms in total. The van der Waals surface area contributed by atoms with Gasteiger partial charge in [0.05, 0.1) is 0 Å². The van der Waals surface area contributed by atoms with Gasteiger partial charge >= 0.3 is 0 Å². The minimum Gasteiger partial charge on any atom is -0.353 e. The smallest absolute Gasteiger partial charge is 0.226 e. The molecule has 2 aliphatic carbocycles. The highest BCUT2D eigenvalue weighted by Crippen LogP contribution is 2.41. The molecule has 2 fully saturated rings. The second kappa shape index (κ2) is 6.27. The Balaban J connectivity index is 1.96. The maximum atomic E-state index is 12.6. The molecule has 0 aromatic heterocycles. The Morgan fingerprint density at radius 2 is 1.89 bits per heavy atom. The Hall–Kier alpha value is -0.240. The molecule has 2 unspecified atom stereocenters. The number of carbonyl (C=O) groups is 1. The molecule has 18 heavy (non-hydrogen) atoms. The highest BCUT2D eigenvalue weighted by Gasteiger charge is 2.40. The van der Waals surface area contributed by atoms with E-state index in [0.717, 1.165) is 25.7 Å². The van der Waals surface area contributed by atoms with Crippen LogP contribution in [0.5, 0.6) is 0 Å². The third-order valence-corrected chi connectivity index (χ3v) is 5.54. The van der Waals surface area contributed by atoms with E-state index in [1.165, 1.54) is 32.1 Å². The van der Waals surface area contributed by atoms with Gasteiger partial charge in [-0.3, -0.25) is 4.79 Å². The average Bonchev–Trinajstić information content (AvgIpc) is 2.89. The molecule has 0 saturated heterocycles. The van der Waals surface area contributed by atoms with Gasteiger partial charge < -0.3 is 5.32 Å². The van der Waals surface area contributed by atoms with Crippen molar-refractivity contribution in [3.8, 4) is 0 Å². The van der Waals surface area contributed by atoms with Gasteiger partial charge in [-0.2, -0.15) is 0 Å². The Bertz CT molecular complexity index is 286. The van der Waals surface area contributed by atoms with Crippen molar-refractivity contribution in [2.75, 3.05) is 5.88 Å². The fraction of sp³-hybridized carbons (Fsp3) is 0.933. The van der Waals surface area contributed by atoms with Gasteiger partial charge in [-0.15, -0.1) is 11.6 Å². The first-order chi connectivity index (χ1) is 8.72. The van der Waals surface area contributed by atoms with Crippen LogP contribution in [0.2, 0.25) is 0 Å². The summed E-state index contributed by atoms with van der Waals surface area (Å²) in [5.41, 5.74) is -0.0612. The molecule has 0 radical (unpaired) electrons. The van der Waals surface area contributed by atoms with Crippen molar-refractivity contribution in [3.05, 3.63) is 0 Å². The molecule has 1 N–H and O–H groups in total. The van der Waals surface area contributed by atoms with Gasteiger partial charge in [0.1, 0.15) is 0 Å². The van der Waals surface area contributed by atoms with Crippen LogP contribution >= 0.6 is 11.6 Å². The first-order valence-corrected chi connectivity index (χ1v) is 8.12. The van der Waals surface area contributed by atoms with E-state index in [4.69, 9.17) is 11.6 Å². The van der Waals surface area contributed by atoms with Crippen LogP contribution in [0, 0.1) is 11.3 Å². The van der Waals surface area contributed by atoms with Gasteiger partial charge in [0, 0.05) is 17.3 Å².